The van der Waals surface area contributed by atoms with Crippen LogP contribution in [0.2, 0.25) is 0 Å². The Labute approximate surface area is 84.1 Å². The molecule has 0 aliphatic heterocycles. The topological polar surface area (TPSA) is 59.4 Å². The molecular weight excluding hydrogens is 204 g/mol. The number of furan rings is 1. The molecule has 80 valence electrons. The summed E-state index contributed by atoms with van der Waals surface area (Å²) in [5.74, 6) is -1.68. The minimum absolute atomic E-state index is 0.109. The lowest BCUT2D eigenvalue weighted by Gasteiger charge is -2.10. The molecule has 0 saturated carbocycles. The van der Waals surface area contributed by atoms with Crippen LogP contribution in [0.5, 0.6) is 0 Å². The van der Waals surface area contributed by atoms with Gasteiger partial charge in [0.2, 0.25) is 0 Å². The molecule has 1 unspecified atom stereocenters. The minimum atomic E-state index is -1.34. The van der Waals surface area contributed by atoms with Gasteiger partial charge < -0.3 is 15.3 Å². The lowest BCUT2D eigenvalue weighted by Crippen LogP contribution is -2.14. The predicted octanol–water partition coefficient (Wildman–Crippen LogP) is 1.70. The second-order valence-electron chi connectivity index (χ2n) is 3.17. The number of benzene rings is 1. The van der Waals surface area contributed by atoms with Gasteiger partial charge in [-0.05, 0) is 6.07 Å². The smallest absolute Gasteiger partial charge is 0.143 e. The first-order valence-electron chi connectivity index (χ1n) is 4.38. The summed E-state index contributed by atoms with van der Waals surface area (Å²) in [6.07, 6.45) is -0.0875. The van der Waals surface area contributed by atoms with Crippen LogP contribution in [-0.2, 0) is 0 Å². The first kappa shape index (κ1) is 10.1. The molecule has 5 heteroatoms. The third-order valence-electron chi connectivity index (χ3n) is 2.24. The molecule has 15 heavy (non-hydrogen) atoms. The van der Waals surface area contributed by atoms with E-state index in [0.29, 0.717) is 0 Å². The monoisotopic (exact) mass is 213 g/mol. The van der Waals surface area contributed by atoms with Crippen molar-refractivity contribution >= 4 is 11.0 Å². The van der Waals surface area contributed by atoms with Crippen LogP contribution in [0.3, 0.4) is 0 Å². The molecule has 0 aliphatic carbocycles. The molecule has 1 heterocycles. The Morgan fingerprint density at radius 3 is 2.87 bits per heavy atom. The lowest BCUT2D eigenvalue weighted by molar-refractivity contribution is 0.177. The Kier molecular flexibility index (Phi) is 2.42. The second-order valence-corrected chi connectivity index (χ2v) is 3.17. The van der Waals surface area contributed by atoms with Crippen molar-refractivity contribution < 1.29 is 18.3 Å². The standard InChI is InChI=1S/C10H9F2NO2/c11-6-3-8-5(1-2-15-8)10(12)9(6)7(14)4-13/h1-3,7,14H,4,13H2. The zero-order valence-corrected chi connectivity index (χ0v) is 7.71. The largest absolute Gasteiger partial charge is 0.464 e. The number of nitrogens with two attached hydrogens (primary N) is 1. The van der Waals surface area contributed by atoms with Crippen molar-refractivity contribution in [1.82, 2.24) is 0 Å². The maximum atomic E-state index is 13.7. The number of aliphatic hydroxyl groups excluding tert-OH is 1. The molecule has 0 spiro atoms. The fourth-order valence-corrected chi connectivity index (χ4v) is 1.48. The molecule has 1 aromatic carbocycles. The molecular formula is C10H9F2NO2. The van der Waals surface area contributed by atoms with Crippen LogP contribution in [0, 0.1) is 11.6 Å². The van der Waals surface area contributed by atoms with Crippen molar-refractivity contribution in [2.75, 3.05) is 6.54 Å². The highest BCUT2D eigenvalue weighted by molar-refractivity contribution is 5.79. The van der Waals surface area contributed by atoms with Gasteiger partial charge >= 0.3 is 0 Å². The molecule has 0 radical (unpaired) electrons. The van der Waals surface area contributed by atoms with Gasteiger partial charge in [0.05, 0.1) is 23.3 Å². The molecule has 3 N–H and O–H groups in total. The number of hydrogen-bond acceptors (Lipinski definition) is 3. The first-order chi connectivity index (χ1) is 7.15. The van der Waals surface area contributed by atoms with Gasteiger partial charge in [-0.2, -0.15) is 0 Å². The SMILES string of the molecule is NCC(O)c1c(F)cc2occc2c1F. The number of fused-ring (bicyclic) bond motifs is 1. The summed E-state index contributed by atoms with van der Waals surface area (Å²) < 4.78 is 31.9. The van der Waals surface area contributed by atoms with Gasteiger partial charge in [-0.25, -0.2) is 8.78 Å². The fraction of sp³-hybridized carbons (Fsp3) is 0.200. The number of aliphatic hydroxyl groups is 1. The fourth-order valence-electron chi connectivity index (χ4n) is 1.48. The average molecular weight is 213 g/mol. The van der Waals surface area contributed by atoms with E-state index in [4.69, 9.17) is 10.2 Å². The Bertz CT molecular complexity index is 495. The van der Waals surface area contributed by atoms with Gasteiger partial charge in [-0.3, -0.25) is 0 Å². The van der Waals surface area contributed by atoms with Crippen LogP contribution >= 0.6 is 0 Å². The van der Waals surface area contributed by atoms with Crippen LogP contribution < -0.4 is 5.73 Å². The van der Waals surface area contributed by atoms with Crippen LogP contribution in [0.4, 0.5) is 8.78 Å². The normalized spacial score (nSPS) is 13.3. The molecule has 0 bridgehead atoms. The molecule has 3 nitrogen and oxygen atoms in total. The van der Waals surface area contributed by atoms with Crippen molar-refractivity contribution in [3.63, 3.8) is 0 Å². The third-order valence-corrected chi connectivity index (χ3v) is 2.24. The zero-order valence-electron chi connectivity index (χ0n) is 7.71. The summed E-state index contributed by atoms with van der Waals surface area (Å²) in [5, 5.41) is 9.49. The molecule has 0 fully saturated rings. The molecule has 0 saturated heterocycles. The van der Waals surface area contributed by atoms with E-state index >= 15 is 0 Å². The molecule has 2 rings (SSSR count). The number of halogens is 2. The van der Waals surface area contributed by atoms with Gasteiger partial charge in [0.15, 0.2) is 0 Å². The Morgan fingerprint density at radius 1 is 1.47 bits per heavy atom. The summed E-state index contributed by atoms with van der Waals surface area (Å²) >= 11 is 0. The van der Waals surface area contributed by atoms with E-state index in [9.17, 15) is 13.9 Å². The van der Waals surface area contributed by atoms with Gasteiger partial charge in [0.1, 0.15) is 17.2 Å². The Hall–Kier alpha value is -1.46. The maximum absolute atomic E-state index is 13.7. The summed E-state index contributed by atoms with van der Waals surface area (Å²) in [6.45, 7) is -0.239. The van der Waals surface area contributed by atoms with Crippen LogP contribution in [-0.4, -0.2) is 11.7 Å². The number of rotatable bonds is 2. The highest BCUT2D eigenvalue weighted by Gasteiger charge is 2.20. The highest BCUT2D eigenvalue weighted by Crippen LogP contribution is 2.28. The van der Waals surface area contributed by atoms with Gasteiger partial charge in [0, 0.05) is 12.6 Å². The Morgan fingerprint density at radius 2 is 2.20 bits per heavy atom. The van der Waals surface area contributed by atoms with E-state index in [0.717, 1.165) is 6.07 Å². The van der Waals surface area contributed by atoms with Crippen LogP contribution in [0.25, 0.3) is 11.0 Å². The van der Waals surface area contributed by atoms with Crippen molar-refractivity contribution in [1.29, 1.82) is 0 Å². The summed E-state index contributed by atoms with van der Waals surface area (Å²) in [4.78, 5) is 0. The highest BCUT2D eigenvalue weighted by atomic mass is 19.1. The van der Waals surface area contributed by atoms with Crippen molar-refractivity contribution in [3.05, 3.63) is 35.6 Å². The van der Waals surface area contributed by atoms with Gasteiger partial charge in [-0.1, -0.05) is 0 Å². The summed E-state index contributed by atoms with van der Waals surface area (Å²) in [6, 6.07) is 2.41. The van der Waals surface area contributed by atoms with Gasteiger partial charge in [0.25, 0.3) is 0 Å². The molecule has 2 aromatic rings. The van der Waals surface area contributed by atoms with Crippen molar-refractivity contribution in [2.24, 2.45) is 5.73 Å². The van der Waals surface area contributed by atoms with Gasteiger partial charge in [-0.15, -0.1) is 0 Å². The lowest BCUT2D eigenvalue weighted by atomic mass is 10.1. The van der Waals surface area contributed by atoms with E-state index < -0.39 is 23.3 Å². The van der Waals surface area contributed by atoms with E-state index in [1.165, 1.54) is 12.3 Å². The molecule has 1 atom stereocenters. The molecule has 1 aromatic heterocycles. The quantitative estimate of drug-likeness (QED) is 0.798. The van der Waals surface area contributed by atoms with E-state index in [-0.39, 0.29) is 17.5 Å². The minimum Gasteiger partial charge on any atom is -0.464 e. The second kappa shape index (κ2) is 3.60. The maximum Gasteiger partial charge on any atom is 0.143 e. The summed E-state index contributed by atoms with van der Waals surface area (Å²) in [5.41, 5.74) is 4.85. The van der Waals surface area contributed by atoms with Crippen LogP contribution in [0.1, 0.15) is 11.7 Å². The third kappa shape index (κ3) is 1.49. The zero-order chi connectivity index (χ0) is 11.0. The predicted molar refractivity (Wildman–Crippen MR) is 50.1 cm³/mol. The van der Waals surface area contributed by atoms with E-state index in [1.54, 1.807) is 0 Å². The van der Waals surface area contributed by atoms with Crippen molar-refractivity contribution in [3.8, 4) is 0 Å². The van der Waals surface area contributed by atoms with Crippen LogP contribution in [0.15, 0.2) is 22.8 Å². The number of hydrogen-bond donors (Lipinski definition) is 2. The average Bonchev–Trinajstić information content (AvgIpc) is 2.65. The van der Waals surface area contributed by atoms with Crippen molar-refractivity contribution in [2.45, 2.75) is 6.10 Å². The molecule has 0 aliphatic rings. The first-order valence-corrected chi connectivity index (χ1v) is 4.38. The Balaban J connectivity index is 2.72. The summed E-state index contributed by atoms with van der Waals surface area (Å²) in [7, 11) is 0. The van der Waals surface area contributed by atoms with E-state index in [2.05, 4.69) is 0 Å². The molecule has 0 amide bonds. The van der Waals surface area contributed by atoms with E-state index in [1.807, 2.05) is 0 Å².